The lowest BCUT2D eigenvalue weighted by atomic mass is 10.1. The van der Waals surface area contributed by atoms with Crippen LogP contribution in [0.15, 0.2) is 82.8 Å². The number of hydrogen-bond acceptors (Lipinski definition) is 5. The first-order valence-corrected chi connectivity index (χ1v) is 11.4. The molecule has 0 spiro atoms. The Kier molecular flexibility index (Phi) is 6.70. The summed E-state index contributed by atoms with van der Waals surface area (Å²) in [6.45, 7) is 0. The van der Waals surface area contributed by atoms with Gasteiger partial charge >= 0.3 is 12.0 Å². The van der Waals surface area contributed by atoms with E-state index in [4.69, 9.17) is 4.74 Å². The Hall–Kier alpha value is -3.31. The zero-order valence-electron chi connectivity index (χ0n) is 16.7. The van der Waals surface area contributed by atoms with E-state index >= 15 is 0 Å². The second-order valence-corrected chi connectivity index (χ2v) is 9.03. The quantitative estimate of drug-likeness (QED) is 0.147. The van der Waals surface area contributed by atoms with Gasteiger partial charge in [0.2, 0.25) is 0 Å². The normalized spacial score (nSPS) is 14.9. The van der Waals surface area contributed by atoms with Gasteiger partial charge in [0.05, 0.1) is 11.3 Å². The van der Waals surface area contributed by atoms with Crippen LogP contribution in [0, 0.1) is 3.57 Å². The van der Waals surface area contributed by atoms with Crippen LogP contribution in [-0.2, 0) is 9.59 Å². The van der Waals surface area contributed by atoms with E-state index in [1.54, 1.807) is 72.8 Å². The van der Waals surface area contributed by atoms with Crippen molar-refractivity contribution in [2.24, 2.45) is 0 Å². The molecule has 3 aromatic rings. The third-order valence-corrected chi connectivity index (χ3v) is 5.94. The van der Waals surface area contributed by atoms with Crippen LogP contribution in [0.1, 0.15) is 15.9 Å². The van der Waals surface area contributed by atoms with E-state index < -0.39 is 23.8 Å². The van der Waals surface area contributed by atoms with Crippen LogP contribution >= 0.6 is 38.5 Å². The van der Waals surface area contributed by atoms with Gasteiger partial charge in [0.25, 0.3) is 11.8 Å². The Labute approximate surface area is 210 Å². The molecule has 4 rings (SSSR count). The second kappa shape index (κ2) is 9.67. The van der Waals surface area contributed by atoms with Crippen molar-refractivity contribution < 1.29 is 23.9 Å². The number of amides is 4. The number of nitrogens with zero attached hydrogens (tertiary/aromatic N) is 1. The largest absolute Gasteiger partial charge is 0.422 e. The fraction of sp³-hybridized carbons (Fsp3) is 0. The van der Waals surface area contributed by atoms with Gasteiger partial charge in [-0.3, -0.25) is 14.9 Å². The summed E-state index contributed by atoms with van der Waals surface area (Å²) in [6.07, 6.45) is 1.30. The van der Waals surface area contributed by atoms with Gasteiger partial charge in [-0.15, -0.1) is 0 Å². The number of rotatable bonds is 4. The van der Waals surface area contributed by atoms with Gasteiger partial charge < -0.3 is 4.74 Å². The van der Waals surface area contributed by atoms with Crippen molar-refractivity contribution in [1.82, 2.24) is 5.32 Å². The van der Waals surface area contributed by atoms with E-state index in [0.29, 0.717) is 16.8 Å². The first kappa shape index (κ1) is 22.9. The molecular formula is C24H14BrIN2O5. The first-order chi connectivity index (χ1) is 15.8. The number of ether oxygens (including phenoxy) is 1. The van der Waals surface area contributed by atoms with Crippen molar-refractivity contribution in [3.63, 3.8) is 0 Å². The lowest BCUT2D eigenvalue weighted by Crippen LogP contribution is -2.54. The summed E-state index contributed by atoms with van der Waals surface area (Å²) in [7, 11) is 0. The summed E-state index contributed by atoms with van der Waals surface area (Å²) in [4.78, 5) is 51.4. The molecular weight excluding hydrogens is 603 g/mol. The maximum absolute atomic E-state index is 13.1. The molecule has 1 saturated heterocycles. The van der Waals surface area contributed by atoms with Crippen LogP contribution in [0.25, 0.3) is 6.08 Å². The molecule has 1 fully saturated rings. The van der Waals surface area contributed by atoms with E-state index in [9.17, 15) is 19.2 Å². The first-order valence-electron chi connectivity index (χ1n) is 9.57. The number of para-hydroxylation sites is 1. The monoisotopic (exact) mass is 616 g/mol. The van der Waals surface area contributed by atoms with Crippen LogP contribution in [0.2, 0.25) is 0 Å². The fourth-order valence-corrected chi connectivity index (χ4v) is 3.70. The van der Waals surface area contributed by atoms with Gasteiger partial charge in [0.15, 0.2) is 0 Å². The summed E-state index contributed by atoms with van der Waals surface area (Å²) in [5.41, 5.74) is 0.729. The SMILES string of the molecule is O=C1NC(=O)N(c2ccc(I)cc2)C(=O)/C1=C\c1ccccc1OC(=O)c1ccc(Br)cc1. The van der Waals surface area contributed by atoms with Gasteiger partial charge in [-0.05, 0) is 83.3 Å². The third kappa shape index (κ3) is 5.04. The number of benzene rings is 3. The molecule has 0 radical (unpaired) electrons. The summed E-state index contributed by atoms with van der Waals surface area (Å²) < 4.78 is 7.25. The Bertz CT molecular complexity index is 1300. The Morgan fingerprint density at radius 3 is 2.30 bits per heavy atom. The number of imide groups is 2. The van der Waals surface area contributed by atoms with Gasteiger partial charge in [0, 0.05) is 13.6 Å². The Balaban J connectivity index is 1.66. The number of carbonyl (C=O) groups excluding carboxylic acids is 4. The number of anilines is 1. The minimum Gasteiger partial charge on any atom is -0.422 e. The minimum atomic E-state index is -0.835. The summed E-state index contributed by atoms with van der Waals surface area (Å²) in [6, 6.07) is 19.0. The molecule has 33 heavy (non-hydrogen) atoms. The Morgan fingerprint density at radius 2 is 1.61 bits per heavy atom. The highest BCUT2D eigenvalue weighted by atomic mass is 127. The predicted octanol–water partition coefficient (Wildman–Crippen LogP) is 4.94. The highest BCUT2D eigenvalue weighted by Gasteiger charge is 2.37. The molecule has 164 valence electrons. The van der Waals surface area contributed by atoms with Crippen molar-refractivity contribution in [2.45, 2.75) is 0 Å². The van der Waals surface area contributed by atoms with E-state index in [0.717, 1.165) is 12.9 Å². The molecule has 0 unspecified atom stereocenters. The van der Waals surface area contributed by atoms with Gasteiger partial charge in [0.1, 0.15) is 11.3 Å². The van der Waals surface area contributed by atoms with E-state index in [1.807, 2.05) is 0 Å². The van der Waals surface area contributed by atoms with Crippen molar-refractivity contribution in [3.05, 3.63) is 97.5 Å². The highest BCUT2D eigenvalue weighted by Crippen LogP contribution is 2.26. The molecule has 1 heterocycles. The van der Waals surface area contributed by atoms with E-state index in [-0.39, 0.29) is 11.3 Å². The van der Waals surface area contributed by atoms with Crippen molar-refractivity contribution in [1.29, 1.82) is 0 Å². The molecule has 1 N–H and O–H groups in total. The number of carbonyl (C=O) groups is 4. The lowest BCUT2D eigenvalue weighted by molar-refractivity contribution is -0.122. The smallest absolute Gasteiger partial charge is 0.343 e. The van der Waals surface area contributed by atoms with Crippen LogP contribution in [0.4, 0.5) is 10.5 Å². The zero-order chi connectivity index (χ0) is 23.5. The number of urea groups is 1. The van der Waals surface area contributed by atoms with E-state index in [2.05, 4.69) is 43.8 Å². The summed E-state index contributed by atoms with van der Waals surface area (Å²) >= 11 is 5.42. The average molecular weight is 617 g/mol. The van der Waals surface area contributed by atoms with Gasteiger partial charge in [-0.25, -0.2) is 14.5 Å². The fourth-order valence-electron chi connectivity index (χ4n) is 3.08. The van der Waals surface area contributed by atoms with E-state index in [1.165, 1.54) is 6.08 Å². The highest BCUT2D eigenvalue weighted by molar-refractivity contribution is 14.1. The van der Waals surface area contributed by atoms with Crippen molar-refractivity contribution in [3.8, 4) is 5.75 Å². The number of hydrogen-bond donors (Lipinski definition) is 1. The number of halogens is 2. The number of nitrogens with one attached hydrogen (secondary N) is 1. The van der Waals surface area contributed by atoms with Crippen molar-refractivity contribution >= 4 is 74.1 Å². The van der Waals surface area contributed by atoms with Gasteiger partial charge in [-0.2, -0.15) is 0 Å². The summed E-state index contributed by atoms with van der Waals surface area (Å²) in [5.74, 6) is -2.04. The van der Waals surface area contributed by atoms with Crippen LogP contribution in [-0.4, -0.2) is 23.8 Å². The minimum absolute atomic E-state index is 0.163. The maximum atomic E-state index is 13.1. The standard InChI is InChI=1S/C24H14BrIN2O5/c25-16-7-5-14(6-8-16)23(31)33-20-4-2-1-3-15(20)13-19-21(29)27-24(32)28(22(19)30)18-11-9-17(26)10-12-18/h1-13H,(H,27,29,32)/b19-13-. The van der Waals surface area contributed by atoms with Crippen LogP contribution in [0.5, 0.6) is 5.75 Å². The van der Waals surface area contributed by atoms with Crippen molar-refractivity contribution in [2.75, 3.05) is 4.90 Å². The van der Waals surface area contributed by atoms with Gasteiger partial charge in [-0.1, -0.05) is 34.1 Å². The maximum Gasteiger partial charge on any atom is 0.343 e. The molecule has 7 nitrogen and oxygen atoms in total. The molecule has 4 amide bonds. The predicted molar refractivity (Wildman–Crippen MR) is 134 cm³/mol. The number of esters is 1. The topological polar surface area (TPSA) is 92.8 Å². The molecule has 0 bridgehead atoms. The summed E-state index contributed by atoms with van der Waals surface area (Å²) in [5, 5.41) is 2.18. The molecule has 1 aliphatic heterocycles. The molecule has 0 aromatic heterocycles. The molecule has 9 heteroatoms. The lowest BCUT2D eigenvalue weighted by Gasteiger charge is -2.26. The molecule has 1 aliphatic rings. The molecule has 0 saturated carbocycles. The number of barbiturate groups is 1. The second-order valence-electron chi connectivity index (χ2n) is 6.87. The average Bonchev–Trinajstić information content (AvgIpc) is 2.79. The molecule has 0 aliphatic carbocycles. The van der Waals surface area contributed by atoms with Crippen LogP contribution < -0.4 is 15.0 Å². The Morgan fingerprint density at radius 1 is 0.939 bits per heavy atom. The molecule has 3 aromatic carbocycles. The van der Waals surface area contributed by atoms with Crippen LogP contribution in [0.3, 0.4) is 0 Å². The third-order valence-electron chi connectivity index (χ3n) is 4.69. The zero-order valence-corrected chi connectivity index (χ0v) is 20.5. The molecule has 0 atom stereocenters.